The van der Waals surface area contributed by atoms with Gasteiger partial charge in [-0.1, -0.05) is 54.6 Å². The highest BCUT2D eigenvalue weighted by atomic mass is 16.5. The lowest BCUT2D eigenvalue weighted by Gasteiger charge is -2.31. The fourth-order valence-electron chi connectivity index (χ4n) is 3.68. The van der Waals surface area contributed by atoms with E-state index in [0.29, 0.717) is 13.1 Å². The SMILES string of the molecule is COc1ccc(/C=C2\CN(c3ccccc3)C/C(=C\c3ccc(CO)cc3)C2=O)cc1. The molecule has 3 aromatic carbocycles. The van der Waals surface area contributed by atoms with E-state index in [-0.39, 0.29) is 12.4 Å². The van der Waals surface area contributed by atoms with Crippen molar-refractivity contribution in [2.24, 2.45) is 0 Å². The number of hydrogen-bond donors (Lipinski definition) is 1. The minimum absolute atomic E-state index is 0.00626. The predicted octanol–water partition coefficient (Wildman–Crippen LogP) is 4.74. The first-order chi connectivity index (χ1) is 15.2. The van der Waals surface area contributed by atoms with Gasteiger partial charge >= 0.3 is 0 Å². The molecule has 1 heterocycles. The van der Waals surface area contributed by atoms with Crippen LogP contribution in [0.2, 0.25) is 0 Å². The first kappa shape index (κ1) is 20.6. The summed E-state index contributed by atoms with van der Waals surface area (Å²) in [5.74, 6) is 0.851. The fourth-order valence-corrected chi connectivity index (χ4v) is 3.68. The maximum atomic E-state index is 13.3. The van der Waals surface area contributed by atoms with Gasteiger partial charge in [-0.05, 0) is 53.1 Å². The van der Waals surface area contributed by atoms with Crippen LogP contribution in [-0.2, 0) is 11.4 Å². The van der Waals surface area contributed by atoms with Gasteiger partial charge in [0.25, 0.3) is 0 Å². The number of methoxy groups -OCH3 is 1. The van der Waals surface area contributed by atoms with Crippen LogP contribution in [0.5, 0.6) is 5.75 Å². The van der Waals surface area contributed by atoms with Gasteiger partial charge in [0.1, 0.15) is 5.75 Å². The minimum atomic E-state index is 0.00626. The van der Waals surface area contributed by atoms with E-state index in [4.69, 9.17) is 4.74 Å². The van der Waals surface area contributed by atoms with Crippen LogP contribution in [0, 0.1) is 0 Å². The molecule has 1 aliphatic rings. The summed E-state index contributed by atoms with van der Waals surface area (Å²) in [7, 11) is 1.64. The van der Waals surface area contributed by atoms with Gasteiger partial charge in [-0.2, -0.15) is 0 Å². The second kappa shape index (κ2) is 9.45. The second-order valence-electron chi connectivity index (χ2n) is 7.53. The van der Waals surface area contributed by atoms with Crippen molar-refractivity contribution in [3.05, 3.63) is 107 Å². The number of ether oxygens (including phenoxy) is 1. The average Bonchev–Trinajstić information content (AvgIpc) is 2.83. The second-order valence-corrected chi connectivity index (χ2v) is 7.53. The maximum absolute atomic E-state index is 13.3. The number of piperidine rings is 1. The van der Waals surface area contributed by atoms with Crippen LogP contribution in [0.15, 0.2) is 90.0 Å². The quantitative estimate of drug-likeness (QED) is 0.616. The number of carbonyl (C=O) groups is 1. The summed E-state index contributed by atoms with van der Waals surface area (Å²) >= 11 is 0. The molecule has 4 heteroatoms. The lowest BCUT2D eigenvalue weighted by molar-refractivity contribution is -0.112. The molecule has 4 rings (SSSR count). The number of anilines is 1. The van der Waals surface area contributed by atoms with Crippen molar-refractivity contribution in [2.45, 2.75) is 6.61 Å². The van der Waals surface area contributed by atoms with Crippen molar-refractivity contribution >= 4 is 23.6 Å². The Kier molecular flexibility index (Phi) is 6.29. The number of nitrogens with zero attached hydrogens (tertiary/aromatic N) is 1. The molecule has 0 atom stereocenters. The van der Waals surface area contributed by atoms with Gasteiger partial charge in [0.05, 0.1) is 13.7 Å². The summed E-state index contributed by atoms with van der Waals surface area (Å²) in [5.41, 5.74) is 5.33. The number of rotatable bonds is 5. The number of aliphatic hydroxyl groups excluding tert-OH is 1. The summed E-state index contributed by atoms with van der Waals surface area (Å²) in [6.07, 6.45) is 3.90. The number of ketones is 1. The third-order valence-corrected chi connectivity index (χ3v) is 5.39. The van der Waals surface area contributed by atoms with Gasteiger partial charge in [-0.3, -0.25) is 4.79 Å². The monoisotopic (exact) mass is 411 g/mol. The van der Waals surface area contributed by atoms with E-state index < -0.39 is 0 Å². The van der Waals surface area contributed by atoms with E-state index in [1.165, 1.54) is 0 Å². The first-order valence-electron chi connectivity index (χ1n) is 10.3. The van der Waals surface area contributed by atoms with E-state index in [0.717, 1.165) is 39.3 Å². The molecule has 31 heavy (non-hydrogen) atoms. The molecule has 3 aromatic rings. The first-order valence-corrected chi connectivity index (χ1v) is 10.3. The van der Waals surface area contributed by atoms with Gasteiger partial charge in [-0.15, -0.1) is 0 Å². The number of Topliss-reactive ketones (excluding diaryl/α,β-unsaturated/α-hetero) is 1. The number of carbonyl (C=O) groups excluding carboxylic acids is 1. The molecule has 0 aromatic heterocycles. The number of aliphatic hydroxyl groups is 1. The smallest absolute Gasteiger partial charge is 0.188 e. The van der Waals surface area contributed by atoms with Gasteiger partial charge in [0.15, 0.2) is 5.78 Å². The molecular formula is C27H25NO3. The Morgan fingerprint density at radius 3 is 1.90 bits per heavy atom. The van der Waals surface area contributed by atoms with Crippen LogP contribution in [0.3, 0.4) is 0 Å². The molecule has 4 nitrogen and oxygen atoms in total. The van der Waals surface area contributed by atoms with Crippen molar-refractivity contribution in [3.63, 3.8) is 0 Å². The lowest BCUT2D eigenvalue weighted by atomic mass is 9.93. The third-order valence-electron chi connectivity index (χ3n) is 5.39. The van der Waals surface area contributed by atoms with Crippen LogP contribution in [-0.4, -0.2) is 31.1 Å². The molecule has 1 N–H and O–H groups in total. The largest absolute Gasteiger partial charge is 0.497 e. The number of para-hydroxylation sites is 1. The van der Waals surface area contributed by atoms with E-state index >= 15 is 0 Å². The lowest BCUT2D eigenvalue weighted by Crippen LogP contribution is -2.37. The normalized spacial score (nSPS) is 16.7. The summed E-state index contributed by atoms with van der Waals surface area (Å²) < 4.78 is 5.23. The van der Waals surface area contributed by atoms with E-state index in [1.54, 1.807) is 7.11 Å². The van der Waals surface area contributed by atoms with Crippen LogP contribution in [0.25, 0.3) is 12.2 Å². The van der Waals surface area contributed by atoms with Crippen LogP contribution >= 0.6 is 0 Å². The summed E-state index contributed by atoms with van der Waals surface area (Å²) in [6.45, 7) is 1.10. The topological polar surface area (TPSA) is 49.8 Å². The van der Waals surface area contributed by atoms with Crippen LogP contribution < -0.4 is 9.64 Å². The third kappa shape index (κ3) is 4.93. The summed E-state index contributed by atoms with van der Waals surface area (Å²) in [6, 6.07) is 25.5. The number of benzene rings is 3. The minimum Gasteiger partial charge on any atom is -0.497 e. The summed E-state index contributed by atoms with van der Waals surface area (Å²) in [5, 5.41) is 9.27. The molecule has 0 bridgehead atoms. The molecule has 0 aliphatic carbocycles. The standard InChI is InChI=1S/C27H25NO3/c1-31-26-13-11-21(12-14-26)16-24-18-28(25-5-3-2-4-6-25)17-23(27(24)30)15-20-7-9-22(19-29)10-8-20/h2-16,29H,17-19H2,1H3/b23-15+,24-16+. The highest BCUT2D eigenvalue weighted by molar-refractivity contribution is 6.15. The zero-order valence-corrected chi connectivity index (χ0v) is 17.5. The van der Waals surface area contributed by atoms with E-state index in [9.17, 15) is 9.90 Å². The molecule has 0 saturated carbocycles. The fraction of sp³-hybridized carbons (Fsp3) is 0.148. The van der Waals surface area contributed by atoms with Crippen LogP contribution in [0.1, 0.15) is 16.7 Å². The van der Waals surface area contributed by atoms with Gasteiger partial charge < -0.3 is 14.7 Å². The molecule has 156 valence electrons. The zero-order valence-electron chi connectivity index (χ0n) is 17.5. The van der Waals surface area contributed by atoms with Crippen molar-refractivity contribution in [3.8, 4) is 5.75 Å². The Bertz CT molecular complexity index is 1030. The Morgan fingerprint density at radius 2 is 1.39 bits per heavy atom. The van der Waals surface area contributed by atoms with E-state index in [2.05, 4.69) is 17.0 Å². The van der Waals surface area contributed by atoms with Crippen molar-refractivity contribution in [1.29, 1.82) is 0 Å². The van der Waals surface area contributed by atoms with Crippen molar-refractivity contribution in [1.82, 2.24) is 0 Å². The Balaban J connectivity index is 1.70. The summed E-state index contributed by atoms with van der Waals surface area (Å²) in [4.78, 5) is 15.5. The maximum Gasteiger partial charge on any atom is 0.188 e. The van der Waals surface area contributed by atoms with Gasteiger partial charge in [0, 0.05) is 29.9 Å². The molecule has 0 amide bonds. The average molecular weight is 412 g/mol. The highest BCUT2D eigenvalue weighted by Gasteiger charge is 2.26. The highest BCUT2D eigenvalue weighted by Crippen LogP contribution is 2.27. The molecule has 0 spiro atoms. The van der Waals surface area contributed by atoms with Crippen molar-refractivity contribution < 1.29 is 14.6 Å². The number of hydrogen-bond acceptors (Lipinski definition) is 4. The Morgan fingerprint density at radius 1 is 0.839 bits per heavy atom. The predicted molar refractivity (Wildman–Crippen MR) is 125 cm³/mol. The Hall–Kier alpha value is -3.63. The molecule has 1 aliphatic heterocycles. The van der Waals surface area contributed by atoms with Gasteiger partial charge in [-0.25, -0.2) is 0 Å². The Labute approximate surface area is 182 Å². The molecule has 1 fully saturated rings. The molecule has 0 unspecified atom stereocenters. The van der Waals surface area contributed by atoms with Crippen molar-refractivity contribution in [2.75, 3.05) is 25.1 Å². The molecule has 0 radical (unpaired) electrons. The molecule has 1 saturated heterocycles. The molecular weight excluding hydrogens is 386 g/mol. The van der Waals surface area contributed by atoms with Crippen LogP contribution in [0.4, 0.5) is 5.69 Å². The zero-order chi connectivity index (χ0) is 21.6. The van der Waals surface area contributed by atoms with E-state index in [1.807, 2.05) is 78.9 Å². The van der Waals surface area contributed by atoms with Gasteiger partial charge in [0.2, 0.25) is 0 Å².